The van der Waals surface area contributed by atoms with Crippen molar-refractivity contribution in [3.8, 4) is 17.1 Å². The number of hydrogen-bond donors (Lipinski definition) is 1. The fourth-order valence-electron chi connectivity index (χ4n) is 2.68. The molecular weight excluding hydrogens is 401 g/mol. The fraction of sp³-hybridized carbons (Fsp3) is 0.105. The largest absolute Gasteiger partial charge is 0.466 e. The van der Waals surface area contributed by atoms with Gasteiger partial charge in [-0.25, -0.2) is 14.5 Å². The van der Waals surface area contributed by atoms with Gasteiger partial charge in [0, 0.05) is 11.8 Å². The van der Waals surface area contributed by atoms with Crippen molar-refractivity contribution >= 4 is 17.2 Å². The van der Waals surface area contributed by atoms with Crippen molar-refractivity contribution in [2.75, 3.05) is 11.9 Å². The van der Waals surface area contributed by atoms with Gasteiger partial charge < -0.3 is 10.1 Å². The number of carbonyl (C=O) groups is 1. The van der Waals surface area contributed by atoms with Crippen molar-refractivity contribution in [2.45, 2.75) is 6.18 Å². The molecule has 3 aromatic heterocycles. The lowest BCUT2D eigenvalue weighted by atomic mass is 10.2. The highest BCUT2D eigenvalue weighted by Gasteiger charge is 2.29. The third-order valence-corrected chi connectivity index (χ3v) is 3.97. The van der Waals surface area contributed by atoms with Gasteiger partial charge in [-0.05, 0) is 6.07 Å². The standard InChI is InChI=1S/C19H13F3N6O2/c20-19(21,22)10-30-18-14(8-23-11-24-18)27-17(29)13-6-7-25-28-9-15(26-16(13)28)12-4-2-1-3-5-12/h1-9,11H,10H2,(H,27,29). The van der Waals surface area contributed by atoms with Gasteiger partial charge in [0.05, 0.1) is 23.7 Å². The van der Waals surface area contributed by atoms with Crippen molar-refractivity contribution in [1.29, 1.82) is 0 Å². The highest BCUT2D eigenvalue weighted by Crippen LogP contribution is 2.25. The molecule has 4 aromatic rings. The van der Waals surface area contributed by atoms with Gasteiger partial charge in [-0.1, -0.05) is 30.3 Å². The Morgan fingerprint density at radius 1 is 1.17 bits per heavy atom. The van der Waals surface area contributed by atoms with Crippen LogP contribution in [0.15, 0.2) is 61.3 Å². The van der Waals surface area contributed by atoms with Crippen LogP contribution in [-0.4, -0.2) is 43.3 Å². The van der Waals surface area contributed by atoms with E-state index in [-0.39, 0.29) is 16.9 Å². The molecule has 0 aliphatic carbocycles. The summed E-state index contributed by atoms with van der Waals surface area (Å²) in [5.41, 5.74) is 1.80. The summed E-state index contributed by atoms with van der Waals surface area (Å²) < 4.78 is 43.4. The van der Waals surface area contributed by atoms with Crippen molar-refractivity contribution in [3.05, 3.63) is 66.9 Å². The lowest BCUT2D eigenvalue weighted by Gasteiger charge is -2.12. The molecule has 1 aromatic carbocycles. The molecule has 0 spiro atoms. The Morgan fingerprint density at radius 2 is 1.97 bits per heavy atom. The zero-order valence-electron chi connectivity index (χ0n) is 15.2. The number of nitrogens with one attached hydrogen (secondary N) is 1. The minimum Gasteiger partial charge on any atom is -0.466 e. The van der Waals surface area contributed by atoms with Crippen molar-refractivity contribution in [2.24, 2.45) is 0 Å². The first kappa shape index (κ1) is 19.3. The van der Waals surface area contributed by atoms with Crippen LogP contribution in [0.25, 0.3) is 16.9 Å². The molecule has 11 heteroatoms. The van der Waals surface area contributed by atoms with E-state index in [1.807, 2.05) is 30.3 Å². The van der Waals surface area contributed by atoms with Crippen LogP contribution in [0, 0.1) is 0 Å². The molecule has 0 aliphatic rings. The third kappa shape index (κ3) is 4.19. The number of amides is 1. The van der Waals surface area contributed by atoms with E-state index in [0.717, 1.165) is 18.1 Å². The Hall–Kier alpha value is -4.02. The number of rotatable bonds is 5. The lowest BCUT2D eigenvalue weighted by Crippen LogP contribution is -2.21. The number of hydrogen-bond acceptors (Lipinski definition) is 6. The molecule has 3 heterocycles. The van der Waals surface area contributed by atoms with Crippen LogP contribution in [0.3, 0.4) is 0 Å². The molecule has 0 atom stereocenters. The van der Waals surface area contributed by atoms with E-state index >= 15 is 0 Å². The molecule has 0 saturated heterocycles. The number of anilines is 1. The van der Waals surface area contributed by atoms with E-state index in [9.17, 15) is 18.0 Å². The van der Waals surface area contributed by atoms with Crippen molar-refractivity contribution < 1.29 is 22.7 Å². The quantitative estimate of drug-likeness (QED) is 0.538. The molecule has 30 heavy (non-hydrogen) atoms. The van der Waals surface area contributed by atoms with Gasteiger partial charge in [0.2, 0.25) is 5.88 Å². The smallest absolute Gasteiger partial charge is 0.422 e. The number of aromatic nitrogens is 5. The molecule has 0 fully saturated rings. The number of imidazole rings is 1. The highest BCUT2D eigenvalue weighted by molar-refractivity contribution is 6.08. The first-order valence-electron chi connectivity index (χ1n) is 8.61. The monoisotopic (exact) mass is 414 g/mol. The van der Waals surface area contributed by atoms with E-state index in [1.165, 1.54) is 16.8 Å². The SMILES string of the molecule is O=C(Nc1cncnc1OCC(F)(F)F)c1ccnn2cc(-c3ccccc3)nc12. The number of benzene rings is 1. The van der Waals surface area contributed by atoms with Crippen LogP contribution in [0.4, 0.5) is 18.9 Å². The van der Waals surface area contributed by atoms with Crippen LogP contribution in [0.5, 0.6) is 5.88 Å². The molecule has 0 saturated carbocycles. The van der Waals surface area contributed by atoms with E-state index in [2.05, 4.69) is 30.1 Å². The molecule has 4 rings (SSSR count). The Morgan fingerprint density at radius 3 is 2.73 bits per heavy atom. The number of nitrogens with zero attached hydrogens (tertiary/aromatic N) is 5. The fourth-order valence-corrected chi connectivity index (χ4v) is 2.68. The van der Waals surface area contributed by atoms with Gasteiger partial charge in [0.15, 0.2) is 12.3 Å². The molecule has 1 amide bonds. The third-order valence-electron chi connectivity index (χ3n) is 3.97. The van der Waals surface area contributed by atoms with Crippen molar-refractivity contribution in [3.63, 3.8) is 0 Å². The van der Waals surface area contributed by atoms with Crippen LogP contribution in [-0.2, 0) is 0 Å². The second-order valence-electron chi connectivity index (χ2n) is 6.10. The zero-order chi connectivity index (χ0) is 21.1. The Balaban J connectivity index is 1.63. The molecule has 0 bridgehead atoms. The maximum Gasteiger partial charge on any atom is 0.422 e. The van der Waals surface area contributed by atoms with Crippen LogP contribution < -0.4 is 10.1 Å². The number of alkyl halides is 3. The first-order valence-corrected chi connectivity index (χ1v) is 8.61. The molecule has 0 aliphatic heterocycles. The average Bonchev–Trinajstić information content (AvgIpc) is 3.17. The number of fused-ring (bicyclic) bond motifs is 1. The summed E-state index contributed by atoms with van der Waals surface area (Å²) in [5, 5.41) is 6.62. The second kappa shape index (κ2) is 7.78. The summed E-state index contributed by atoms with van der Waals surface area (Å²) in [4.78, 5) is 24.6. The predicted octanol–water partition coefficient (Wildman–Crippen LogP) is 3.38. The summed E-state index contributed by atoms with van der Waals surface area (Å²) in [6.45, 7) is -1.55. The first-order chi connectivity index (χ1) is 14.4. The summed E-state index contributed by atoms with van der Waals surface area (Å²) >= 11 is 0. The van der Waals surface area contributed by atoms with Crippen LogP contribution >= 0.6 is 0 Å². The maximum atomic E-state index is 12.8. The molecule has 0 unspecified atom stereocenters. The summed E-state index contributed by atoms with van der Waals surface area (Å²) in [7, 11) is 0. The van der Waals surface area contributed by atoms with E-state index in [4.69, 9.17) is 0 Å². The van der Waals surface area contributed by atoms with E-state index in [0.29, 0.717) is 5.69 Å². The second-order valence-corrected chi connectivity index (χ2v) is 6.10. The van der Waals surface area contributed by atoms with Crippen molar-refractivity contribution in [1.82, 2.24) is 24.6 Å². The van der Waals surface area contributed by atoms with E-state index in [1.54, 1.807) is 6.20 Å². The van der Waals surface area contributed by atoms with Crippen LogP contribution in [0.1, 0.15) is 10.4 Å². The Bertz CT molecular complexity index is 1190. The minimum atomic E-state index is -4.55. The number of ether oxygens (including phenoxy) is 1. The number of carbonyl (C=O) groups excluding carboxylic acids is 1. The average molecular weight is 414 g/mol. The summed E-state index contributed by atoms with van der Waals surface area (Å²) in [6, 6.07) is 10.8. The zero-order valence-corrected chi connectivity index (χ0v) is 15.2. The highest BCUT2D eigenvalue weighted by atomic mass is 19.4. The molecule has 0 radical (unpaired) electrons. The van der Waals surface area contributed by atoms with Crippen LogP contribution in [0.2, 0.25) is 0 Å². The van der Waals surface area contributed by atoms with Gasteiger partial charge >= 0.3 is 6.18 Å². The van der Waals surface area contributed by atoms with Gasteiger partial charge in [-0.3, -0.25) is 4.79 Å². The summed E-state index contributed by atoms with van der Waals surface area (Å²) in [5.74, 6) is -1.02. The van der Waals surface area contributed by atoms with Gasteiger partial charge in [0.25, 0.3) is 5.91 Å². The van der Waals surface area contributed by atoms with Gasteiger partial charge in [-0.15, -0.1) is 0 Å². The normalized spacial score (nSPS) is 11.4. The molecule has 8 nitrogen and oxygen atoms in total. The predicted molar refractivity (Wildman–Crippen MR) is 100.0 cm³/mol. The topological polar surface area (TPSA) is 94.3 Å². The molecule has 1 N–H and O–H groups in total. The minimum absolute atomic E-state index is 0.100. The maximum absolute atomic E-state index is 12.8. The Labute approximate surface area is 167 Å². The Kier molecular flexibility index (Phi) is 5.00. The number of halogens is 3. The van der Waals surface area contributed by atoms with Gasteiger partial charge in [0.1, 0.15) is 12.0 Å². The summed E-state index contributed by atoms with van der Waals surface area (Å²) in [6.07, 6.45) is 0.710. The molecule has 152 valence electrons. The lowest BCUT2D eigenvalue weighted by molar-refractivity contribution is -0.153. The van der Waals surface area contributed by atoms with E-state index < -0.39 is 24.6 Å². The molecular formula is C19H13F3N6O2. The van der Waals surface area contributed by atoms with Gasteiger partial charge in [-0.2, -0.15) is 23.3 Å².